The first-order valence-electron chi connectivity index (χ1n) is 7.64. The summed E-state index contributed by atoms with van der Waals surface area (Å²) >= 11 is 0. The summed E-state index contributed by atoms with van der Waals surface area (Å²) in [5.41, 5.74) is 3.05. The summed E-state index contributed by atoms with van der Waals surface area (Å²) in [6.07, 6.45) is 2.35. The van der Waals surface area contributed by atoms with Gasteiger partial charge in [0, 0.05) is 12.5 Å². The van der Waals surface area contributed by atoms with Crippen molar-refractivity contribution in [2.24, 2.45) is 0 Å². The molecular weight excluding hydrogens is 280 g/mol. The van der Waals surface area contributed by atoms with E-state index in [1.807, 2.05) is 12.1 Å². The fourth-order valence-electron chi connectivity index (χ4n) is 2.48. The first-order chi connectivity index (χ1) is 10.4. The van der Waals surface area contributed by atoms with Gasteiger partial charge in [0.1, 0.15) is 0 Å². The molecule has 1 fully saturated rings. The molecule has 1 heterocycles. The molecule has 1 aromatic rings. The third kappa shape index (κ3) is 4.68. The number of rotatable bonds is 5. The highest BCUT2D eigenvalue weighted by Crippen LogP contribution is 2.27. The minimum Gasteiger partial charge on any atom is -0.478 e. The number of aliphatic carboxylic acids is 1. The first-order valence-corrected chi connectivity index (χ1v) is 7.64. The van der Waals surface area contributed by atoms with Crippen LogP contribution in [0, 0.1) is 0 Å². The van der Waals surface area contributed by atoms with Gasteiger partial charge in [0.25, 0.3) is 0 Å². The second kappa shape index (κ2) is 7.07. The SMILES string of the molecule is CC(C)(C)c1ccc(/C(=C\C(=O)O)CCC2OCCO2)cc1. The van der Waals surface area contributed by atoms with Crippen molar-refractivity contribution in [3.05, 3.63) is 41.5 Å². The van der Waals surface area contributed by atoms with Crippen LogP contribution in [0.5, 0.6) is 0 Å². The molecular formula is C18H24O4. The zero-order valence-corrected chi connectivity index (χ0v) is 13.5. The fourth-order valence-corrected chi connectivity index (χ4v) is 2.48. The Morgan fingerprint density at radius 1 is 1.23 bits per heavy atom. The predicted octanol–water partition coefficient (Wildman–Crippen LogP) is 3.61. The maximum atomic E-state index is 11.1. The Bertz CT molecular complexity index is 531. The molecule has 0 unspecified atom stereocenters. The highest BCUT2D eigenvalue weighted by Gasteiger charge is 2.18. The minimum absolute atomic E-state index is 0.0841. The van der Waals surface area contributed by atoms with Crippen molar-refractivity contribution in [1.82, 2.24) is 0 Å². The number of hydrogen-bond donors (Lipinski definition) is 1. The van der Waals surface area contributed by atoms with Gasteiger partial charge in [-0.3, -0.25) is 0 Å². The molecule has 4 heteroatoms. The lowest BCUT2D eigenvalue weighted by Crippen LogP contribution is -2.11. The number of carboxylic acids is 1. The highest BCUT2D eigenvalue weighted by molar-refractivity contribution is 5.90. The van der Waals surface area contributed by atoms with Gasteiger partial charge in [-0.25, -0.2) is 4.79 Å². The van der Waals surface area contributed by atoms with Gasteiger partial charge in [-0.15, -0.1) is 0 Å². The molecule has 0 bridgehead atoms. The quantitative estimate of drug-likeness (QED) is 0.844. The van der Waals surface area contributed by atoms with Crippen LogP contribution in [-0.2, 0) is 19.7 Å². The molecule has 120 valence electrons. The average Bonchev–Trinajstić information content (AvgIpc) is 2.95. The second-order valence-corrected chi connectivity index (χ2v) is 6.54. The molecule has 0 aliphatic carbocycles. The van der Waals surface area contributed by atoms with Gasteiger partial charge in [-0.1, -0.05) is 45.0 Å². The zero-order chi connectivity index (χ0) is 16.2. The van der Waals surface area contributed by atoms with Crippen LogP contribution < -0.4 is 0 Å². The number of carboxylic acid groups (broad SMARTS) is 1. The van der Waals surface area contributed by atoms with Crippen LogP contribution in [0.2, 0.25) is 0 Å². The Balaban J connectivity index is 2.12. The lowest BCUT2D eigenvalue weighted by molar-refractivity contribution is -0.131. The maximum Gasteiger partial charge on any atom is 0.328 e. The van der Waals surface area contributed by atoms with Crippen molar-refractivity contribution in [2.75, 3.05) is 13.2 Å². The van der Waals surface area contributed by atoms with Crippen molar-refractivity contribution >= 4 is 11.5 Å². The summed E-state index contributed by atoms with van der Waals surface area (Å²) in [4.78, 5) is 11.1. The molecule has 0 radical (unpaired) electrons. The van der Waals surface area contributed by atoms with E-state index in [1.165, 1.54) is 11.6 Å². The lowest BCUT2D eigenvalue weighted by Gasteiger charge is -2.19. The highest BCUT2D eigenvalue weighted by atomic mass is 16.7. The second-order valence-electron chi connectivity index (χ2n) is 6.54. The molecule has 22 heavy (non-hydrogen) atoms. The molecule has 4 nitrogen and oxygen atoms in total. The van der Waals surface area contributed by atoms with Gasteiger partial charge >= 0.3 is 5.97 Å². The average molecular weight is 304 g/mol. The smallest absolute Gasteiger partial charge is 0.328 e. The van der Waals surface area contributed by atoms with E-state index in [1.54, 1.807) is 0 Å². The third-order valence-corrected chi connectivity index (χ3v) is 3.76. The van der Waals surface area contributed by atoms with Gasteiger partial charge in [0.05, 0.1) is 13.2 Å². The topological polar surface area (TPSA) is 55.8 Å². The van der Waals surface area contributed by atoms with Crippen molar-refractivity contribution in [3.63, 3.8) is 0 Å². The molecule has 1 aromatic carbocycles. The van der Waals surface area contributed by atoms with Gasteiger partial charge in [0.15, 0.2) is 6.29 Å². The molecule has 0 saturated carbocycles. The van der Waals surface area contributed by atoms with Crippen LogP contribution in [0.15, 0.2) is 30.3 Å². The van der Waals surface area contributed by atoms with Crippen LogP contribution in [0.3, 0.4) is 0 Å². The molecule has 0 spiro atoms. The number of allylic oxidation sites excluding steroid dienone is 1. The summed E-state index contributed by atoms with van der Waals surface area (Å²) in [5.74, 6) is -0.928. The molecule has 2 rings (SSSR count). The molecule has 0 amide bonds. The standard InChI is InChI=1S/C18H24O4/c1-18(2,3)15-7-4-13(5-8-15)14(12-16(19)20)6-9-17-21-10-11-22-17/h4-5,7-8,12,17H,6,9-11H2,1-3H3,(H,19,20)/b14-12-. The molecule has 1 aliphatic rings. The Labute approximate surface area is 131 Å². The summed E-state index contributed by atoms with van der Waals surface area (Å²) < 4.78 is 10.8. The van der Waals surface area contributed by atoms with Gasteiger partial charge in [-0.05, 0) is 28.5 Å². The van der Waals surface area contributed by atoms with E-state index >= 15 is 0 Å². The largest absolute Gasteiger partial charge is 0.478 e. The molecule has 1 aliphatic heterocycles. The third-order valence-electron chi connectivity index (χ3n) is 3.76. The Hall–Kier alpha value is -1.65. The molecule has 0 atom stereocenters. The van der Waals surface area contributed by atoms with Crippen molar-refractivity contribution in [3.8, 4) is 0 Å². The maximum absolute atomic E-state index is 11.1. The normalized spacial score (nSPS) is 17.0. The van der Waals surface area contributed by atoms with Gasteiger partial charge in [0.2, 0.25) is 0 Å². The Kier molecular flexibility index (Phi) is 5.37. The number of ether oxygens (including phenoxy) is 2. The number of benzene rings is 1. The number of carbonyl (C=O) groups is 1. The van der Waals surface area contributed by atoms with Crippen LogP contribution in [0.1, 0.15) is 44.7 Å². The van der Waals surface area contributed by atoms with E-state index in [9.17, 15) is 4.79 Å². The lowest BCUT2D eigenvalue weighted by atomic mass is 9.86. The van der Waals surface area contributed by atoms with E-state index in [2.05, 4.69) is 32.9 Å². The fraction of sp³-hybridized carbons (Fsp3) is 0.500. The zero-order valence-electron chi connectivity index (χ0n) is 13.5. The summed E-state index contributed by atoms with van der Waals surface area (Å²) in [6.45, 7) is 7.70. The van der Waals surface area contributed by atoms with Gasteiger partial charge < -0.3 is 14.6 Å². The van der Waals surface area contributed by atoms with E-state index < -0.39 is 5.97 Å². The van der Waals surface area contributed by atoms with E-state index in [0.29, 0.717) is 26.1 Å². The van der Waals surface area contributed by atoms with E-state index in [-0.39, 0.29) is 11.7 Å². The first kappa shape index (κ1) is 16.7. The Morgan fingerprint density at radius 2 is 1.82 bits per heavy atom. The summed E-state index contributed by atoms with van der Waals surface area (Å²) in [5, 5.41) is 9.08. The Morgan fingerprint density at radius 3 is 2.32 bits per heavy atom. The molecule has 0 aromatic heterocycles. The van der Waals surface area contributed by atoms with Crippen LogP contribution in [0.4, 0.5) is 0 Å². The summed E-state index contributed by atoms with van der Waals surface area (Å²) in [6, 6.07) is 8.11. The van der Waals surface area contributed by atoms with Crippen LogP contribution in [-0.4, -0.2) is 30.6 Å². The van der Waals surface area contributed by atoms with E-state index in [0.717, 1.165) is 11.1 Å². The van der Waals surface area contributed by atoms with E-state index in [4.69, 9.17) is 14.6 Å². The summed E-state index contributed by atoms with van der Waals surface area (Å²) in [7, 11) is 0. The van der Waals surface area contributed by atoms with Crippen molar-refractivity contribution in [2.45, 2.75) is 45.3 Å². The van der Waals surface area contributed by atoms with Crippen LogP contribution in [0.25, 0.3) is 5.57 Å². The minimum atomic E-state index is -0.928. The van der Waals surface area contributed by atoms with Crippen molar-refractivity contribution < 1.29 is 19.4 Å². The van der Waals surface area contributed by atoms with Gasteiger partial charge in [-0.2, -0.15) is 0 Å². The monoisotopic (exact) mass is 304 g/mol. The predicted molar refractivity (Wildman–Crippen MR) is 85.7 cm³/mol. The number of hydrogen-bond acceptors (Lipinski definition) is 3. The molecule has 1 N–H and O–H groups in total. The van der Waals surface area contributed by atoms with Crippen LogP contribution >= 0.6 is 0 Å². The molecule has 1 saturated heterocycles. The van der Waals surface area contributed by atoms with Crippen molar-refractivity contribution in [1.29, 1.82) is 0 Å².